The second-order valence-corrected chi connectivity index (χ2v) is 5.79. The number of unbranched alkanes of at least 4 members (excludes halogenated alkanes) is 10. The summed E-state index contributed by atoms with van der Waals surface area (Å²) in [5.41, 5.74) is 0. The van der Waals surface area contributed by atoms with Crippen molar-refractivity contribution in [3.05, 3.63) is 22.9 Å². The molecular weight excluding hydrogens is 236 g/mol. The zero-order valence-corrected chi connectivity index (χ0v) is 13.3. The fraction of sp³-hybridized carbons (Fsp3) is 0.765. The monoisotopic (exact) mass is 268 g/mol. The van der Waals surface area contributed by atoms with Crippen molar-refractivity contribution < 1.29 is 0 Å². The van der Waals surface area contributed by atoms with E-state index in [0.29, 0.717) is 0 Å². The third-order valence-corrected chi connectivity index (χ3v) is 3.76. The Balaban J connectivity index is 0.000000473. The molecule has 1 heterocycles. The lowest BCUT2D eigenvalue weighted by Crippen LogP contribution is -1.80. The summed E-state index contributed by atoms with van der Waals surface area (Å²) in [6.45, 7) is 4.56. The SMILES string of the molecule is CCCCCCCCCCCCC.c1ccsc1. The third kappa shape index (κ3) is 15.7. The van der Waals surface area contributed by atoms with E-state index in [4.69, 9.17) is 0 Å². The van der Waals surface area contributed by atoms with Crippen LogP contribution in [0.4, 0.5) is 0 Å². The van der Waals surface area contributed by atoms with Gasteiger partial charge >= 0.3 is 0 Å². The van der Waals surface area contributed by atoms with Crippen LogP contribution in [0.2, 0.25) is 0 Å². The van der Waals surface area contributed by atoms with E-state index in [2.05, 4.69) is 13.8 Å². The number of hydrogen-bond acceptors (Lipinski definition) is 1. The molecule has 0 saturated heterocycles. The second-order valence-electron chi connectivity index (χ2n) is 4.98. The average molecular weight is 269 g/mol. The van der Waals surface area contributed by atoms with Crippen LogP contribution < -0.4 is 0 Å². The molecule has 0 nitrogen and oxygen atoms in total. The quantitative estimate of drug-likeness (QED) is 0.398. The summed E-state index contributed by atoms with van der Waals surface area (Å²) in [7, 11) is 0. The topological polar surface area (TPSA) is 0 Å². The highest BCUT2D eigenvalue weighted by molar-refractivity contribution is 7.07. The Morgan fingerprint density at radius 3 is 1.11 bits per heavy atom. The van der Waals surface area contributed by atoms with Gasteiger partial charge < -0.3 is 0 Å². The van der Waals surface area contributed by atoms with Crippen LogP contribution in [0.3, 0.4) is 0 Å². The summed E-state index contributed by atoms with van der Waals surface area (Å²) >= 11 is 1.71. The molecule has 1 heteroatoms. The summed E-state index contributed by atoms with van der Waals surface area (Å²) in [4.78, 5) is 0. The molecule has 106 valence electrons. The van der Waals surface area contributed by atoms with Crippen molar-refractivity contribution >= 4 is 11.3 Å². The summed E-state index contributed by atoms with van der Waals surface area (Å²) in [6.07, 6.45) is 15.9. The number of hydrogen-bond donors (Lipinski definition) is 0. The molecule has 0 aromatic carbocycles. The van der Waals surface area contributed by atoms with Gasteiger partial charge in [-0.3, -0.25) is 0 Å². The van der Waals surface area contributed by atoms with Crippen LogP contribution in [0.1, 0.15) is 84.5 Å². The molecule has 0 fully saturated rings. The second kappa shape index (κ2) is 16.7. The fourth-order valence-corrected chi connectivity index (χ4v) is 2.42. The summed E-state index contributed by atoms with van der Waals surface area (Å²) < 4.78 is 0. The Hall–Kier alpha value is -0.300. The van der Waals surface area contributed by atoms with E-state index in [-0.39, 0.29) is 0 Å². The zero-order chi connectivity index (χ0) is 13.3. The van der Waals surface area contributed by atoms with Gasteiger partial charge in [-0.05, 0) is 10.8 Å². The van der Waals surface area contributed by atoms with Gasteiger partial charge in [0, 0.05) is 0 Å². The highest BCUT2D eigenvalue weighted by Gasteiger charge is 1.90. The van der Waals surface area contributed by atoms with E-state index in [9.17, 15) is 0 Å². The van der Waals surface area contributed by atoms with Gasteiger partial charge in [-0.25, -0.2) is 0 Å². The normalized spacial score (nSPS) is 9.89. The van der Waals surface area contributed by atoms with Gasteiger partial charge in [-0.2, -0.15) is 11.3 Å². The molecule has 0 saturated carbocycles. The van der Waals surface area contributed by atoms with E-state index in [1.54, 1.807) is 11.3 Å². The first-order valence-corrected chi connectivity index (χ1v) is 8.83. The molecule has 18 heavy (non-hydrogen) atoms. The molecule has 0 aliphatic rings. The molecule has 0 unspecified atom stereocenters. The van der Waals surface area contributed by atoms with Crippen LogP contribution >= 0.6 is 11.3 Å². The van der Waals surface area contributed by atoms with Gasteiger partial charge in [-0.1, -0.05) is 96.6 Å². The minimum Gasteiger partial charge on any atom is -0.152 e. The first kappa shape index (κ1) is 17.7. The molecule has 1 aromatic heterocycles. The molecular formula is C17H32S. The van der Waals surface area contributed by atoms with Crippen molar-refractivity contribution in [2.45, 2.75) is 84.5 Å². The standard InChI is InChI=1S/C13H28.C4H4S/c1-3-5-7-9-11-13-12-10-8-6-4-2;1-2-4-5-3-1/h3-13H2,1-2H3;1-4H. The van der Waals surface area contributed by atoms with Crippen LogP contribution in [-0.2, 0) is 0 Å². The van der Waals surface area contributed by atoms with Gasteiger partial charge in [0.2, 0.25) is 0 Å². The zero-order valence-electron chi connectivity index (χ0n) is 12.5. The molecule has 0 bridgehead atoms. The maximum atomic E-state index is 2.28. The maximum absolute atomic E-state index is 2.28. The van der Waals surface area contributed by atoms with Crippen molar-refractivity contribution in [2.24, 2.45) is 0 Å². The van der Waals surface area contributed by atoms with Crippen LogP contribution in [0, 0.1) is 0 Å². The molecule has 1 aromatic rings. The average Bonchev–Trinajstić information content (AvgIpc) is 2.96. The minimum atomic E-state index is 1.37. The predicted molar refractivity (Wildman–Crippen MR) is 86.5 cm³/mol. The van der Waals surface area contributed by atoms with Crippen molar-refractivity contribution in [1.82, 2.24) is 0 Å². The Kier molecular flexibility index (Phi) is 16.4. The largest absolute Gasteiger partial charge is 0.152 e. The first-order valence-electron chi connectivity index (χ1n) is 7.89. The molecule has 0 aliphatic heterocycles. The van der Waals surface area contributed by atoms with Crippen molar-refractivity contribution in [3.63, 3.8) is 0 Å². The Morgan fingerprint density at radius 2 is 0.889 bits per heavy atom. The van der Waals surface area contributed by atoms with Crippen molar-refractivity contribution in [2.75, 3.05) is 0 Å². The predicted octanol–water partition coefficient (Wildman–Crippen LogP) is 7.07. The van der Waals surface area contributed by atoms with Gasteiger partial charge in [0.1, 0.15) is 0 Å². The Bertz CT molecular complexity index is 176. The lowest BCUT2D eigenvalue weighted by atomic mass is 10.1. The molecule has 1 rings (SSSR count). The van der Waals surface area contributed by atoms with Gasteiger partial charge in [0.15, 0.2) is 0 Å². The number of thiophene rings is 1. The summed E-state index contributed by atoms with van der Waals surface area (Å²) in [6, 6.07) is 4.04. The Labute approximate surface area is 119 Å². The first-order chi connectivity index (χ1) is 8.91. The summed E-state index contributed by atoms with van der Waals surface area (Å²) in [5.74, 6) is 0. The highest BCUT2D eigenvalue weighted by atomic mass is 32.1. The van der Waals surface area contributed by atoms with Crippen molar-refractivity contribution in [1.29, 1.82) is 0 Å². The van der Waals surface area contributed by atoms with E-state index >= 15 is 0 Å². The van der Waals surface area contributed by atoms with Gasteiger partial charge in [0.25, 0.3) is 0 Å². The maximum Gasteiger partial charge on any atom is -0.00934 e. The molecule has 0 amide bonds. The van der Waals surface area contributed by atoms with Crippen LogP contribution in [0.5, 0.6) is 0 Å². The van der Waals surface area contributed by atoms with E-state index < -0.39 is 0 Å². The minimum absolute atomic E-state index is 1.37. The van der Waals surface area contributed by atoms with E-state index in [1.807, 2.05) is 22.9 Å². The van der Waals surface area contributed by atoms with E-state index in [0.717, 1.165) is 0 Å². The fourth-order valence-electron chi connectivity index (χ4n) is 1.96. The lowest BCUT2D eigenvalue weighted by Gasteiger charge is -2.00. The van der Waals surface area contributed by atoms with Gasteiger partial charge in [0.05, 0.1) is 0 Å². The molecule has 0 aliphatic carbocycles. The summed E-state index contributed by atoms with van der Waals surface area (Å²) in [5, 5.41) is 4.08. The third-order valence-electron chi connectivity index (χ3n) is 3.13. The smallest absolute Gasteiger partial charge is 0.00934 e. The lowest BCUT2D eigenvalue weighted by molar-refractivity contribution is 0.554. The molecule has 0 spiro atoms. The Morgan fingerprint density at radius 1 is 0.556 bits per heavy atom. The van der Waals surface area contributed by atoms with Gasteiger partial charge in [-0.15, -0.1) is 0 Å². The van der Waals surface area contributed by atoms with Crippen LogP contribution in [-0.4, -0.2) is 0 Å². The molecule has 0 radical (unpaired) electrons. The van der Waals surface area contributed by atoms with E-state index in [1.165, 1.54) is 70.6 Å². The number of rotatable bonds is 10. The van der Waals surface area contributed by atoms with Crippen LogP contribution in [0.25, 0.3) is 0 Å². The van der Waals surface area contributed by atoms with Crippen molar-refractivity contribution in [3.8, 4) is 0 Å². The van der Waals surface area contributed by atoms with Crippen LogP contribution in [0.15, 0.2) is 22.9 Å². The highest BCUT2D eigenvalue weighted by Crippen LogP contribution is 2.10. The molecule has 0 atom stereocenters. The molecule has 0 N–H and O–H groups in total.